The Labute approximate surface area is 155 Å². The number of rotatable bonds is 3. The van der Waals surface area contributed by atoms with Crippen molar-refractivity contribution in [3.8, 4) is 0 Å². The maximum atomic E-state index is 13.9. The molecule has 0 amide bonds. The van der Waals surface area contributed by atoms with E-state index in [1.165, 1.54) is 18.3 Å². The summed E-state index contributed by atoms with van der Waals surface area (Å²) in [7, 11) is 0. The molecule has 3 heterocycles. The maximum Gasteiger partial charge on any atom is 0.206 e. The van der Waals surface area contributed by atoms with Crippen LogP contribution < -0.4 is 10.6 Å². The fraction of sp³-hybridized carbons (Fsp3) is 0.316. The molecule has 3 aromatic rings. The number of anilines is 1. The van der Waals surface area contributed by atoms with Gasteiger partial charge in [0.05, 0.1) is 35.9 Å². The Bertz CT molecular complexity index is 1010. The summed E-state index contributed by atoms with van der Waals surface area (Å²) in [5.41, 5.74) is 8.59. The van der Waals surface area contributed by atoms with Crippen LogP contribution in [0.5, 0.6) is 0 Å². The number of aliphatic hydroxyl groups excluding tert-OH is 1. The fourth-order valence-electron chi connectivity index (χ4n) is 3.37. The van der Waals surface area contributed by atoms with Crippen molar-refractivity contribution in [1.82, 2.24) is 14.5 Å². The van der Waals surface area contributed by atoms with Crippen LogP contribution in [0.25, 0.3) is 15.9 Å². The van der Waals surface area contributed by atoms with Gasteiger partial charge in [0.2, 0.25) is 11.6 Å². The Morgan fingerprint density at radius 2 is 2.19 bits per heavy atom. The van der Waals surface area contributed by atoms with Gasteiger partial charge in [-0.15, -0.1) is 0 Å². The number of nitrogens with zero attached hydrogens (tertiary/aromatic N) is 5. The normalized spacial score (nSPS) is 20.0. The third-order valence-electron chi connectivity index (χ3n) is 4.85. The molecule has 1 aliphatic rings. The van der Waals surface area contributed by atoms with E-state index in [-0.39, 0.29) is 11.9 Å². The lowest BCUT2D eigenvalue weighted by atomic mass is 10.0. The molecule has 7 nitrogen and oxygen atoms in total. The summed E-state index contributed by atoms with van der Waals surface area (Å²) in [6.45, 7) is 8.51. The van der Waals surface area contributed by atoms with E-state index in [4.69, 9.17) is 12.3 Å². The molecule has 0 radical (unpaired) electrons. The zero-order chi connectivity index (χ0) is 19.0. The van der Waals surface area contributed by atoms with Gasteiger partial charge >= 0.3 is 0 Å². The minimum atomic E-state index is -0.528. The average Bonchev–Trinajstić information content (AvgIpc) is 3.02. The van der Waals surface area contributed by atoms with Gasteiger partial charge in [-0.25, -0.2) is 14.2 Å². The van der Waals surface area contributed by atoms with Crippen molar-refractivity contribution in [2.75, 3.05) is 18.0 Å². The summed E-state index contributed by atoms with van der Waals surface area (Å²) in [6, 6.07) is 7.63. The number of halogens is 1. The first-order valence-electron chi connectivity index (χ1n) is 8.72. The highest BCUT2D eigenvalue weighted by molar-refractivity contribution is 5.79. The number of pyridine rings is 1. The molecule has 0 unspecified atom stereocenters. The number of aromatic nitrogens is 3. The van der Waals surface area contributed by atoms with Crippen LogP contribution in [-0.2, 0) is 6.54 Å². The lowest BCUT2D eigenvalue weighted by Gasteiger charge is -2.35. The van der Waals surface area contributed by atoms with Crippen LogP contribution in [0.1, 0.15) is 12.1 Å². The number of piperidine rings is 1. The van der Waals surface area contributed by atoms with E-state index in [0.29, 0.717) is 48.7 Å². The van der Waals surface area contributed by atoms with Gasteiger partial charge in [0, 0.05) is 25.3 Å². The number of hydrogen-bond donors (Lipinski definition) is 2. The smallest absolute Gasteiger partial charge is 0.206 e. The van der Waals surface area contributed by atoms with Crippen molar-refractivity contribution in [3.63, 3.8) is 0 Å². The van der Waals surface area contributed by atoms with Crippen LogP contribution in [0.15, 0.2) is 36.5 Å². The second-order valence-electron chi connectivity index (χ2n) is 6.72. The Hall–Kier alpha value is -3.02. The van der Waals surface area contributed by atoms with Crippen molar-refractivity contribution < 1.29 is 9.50 Å². The predicted molar refractivity (Wildman–Crippen MR) is 100 cm³/mol. The van der Waals surface area contributed by atoms with Crippen LogP contribution in [0.3, 0.4) is 0 Å². The molecule has 1 fully saturated rings. The van der Waals surface area contributed by atoms with Crippen molar-refractivity contribution >= 4 is 22.7 Å². The van der Waals surface area contributed by atoms with E-state index in [2.05, 4.69) is 14.8 Å². The van der Waals surface area contributed by atoms with Crippen LogP contribution >= 0.6 is 0 Å². The summed E-state index contributed by atoms with van der Waals surface area (Å²) in [5, 5.41) is 9.91. The maximum absolute atomic E-state index is 13.9. The molecule has 2 aromatic heterocycles. The van der Waals surface area contributed by atoms with Crippen LogP contribution in [0.2, 0.25) is 0 Å². The summed E-state index contributed by atoms with van der Waals surface area (Å²) in [4.78, 5) is 14.4. The van der Waals surface area contributed by atoms with Gasteiger partial charge in [0.25, 0.3) is 0 Å². The van der Waals surface area contributed by atoms with Crippen molar-refractivity contribution in [2.45, 2.75) is 25.1 Å². The summed E-state index contributed by atoms with van der Waals surface area (Å²) < 4.78 is 15.8. The molecule has 2 atom stereocenters. The number of nitrogens with two attached hydrogens (primary N) is 1. The zero-order valence-electron chi connectivity index (χ0n) is 14.6. The summed E-state index contributed by atoms with van der Waals surface area (Å²) in [6.07, 6.45) is 1.55. The topological polar surface area (TPSA) is 84.6 Å². The molecule has 1 saturated heterocycles. The summed E-state index contributed by atoms with van der Waals surface area (Å²) >= 11 is 0. The first-order chi connectivity index (χ1) is 13.0. The van der Waals surface area contributed by atoms with E-state index in [9.17, 15) is 9.50 Å². The largest absolute Gasteiger partial charge is 0.391 e. The summed E-state index contributed by atoms with van der Waals surface area (Å²) in [5.74, 6) is 0.339. The molecule has 4 rings (SSSR count). The molecule has 0 saturated carbocycles. The molecule has 0 aliphatic carbocycles. The number of fused-ring (bicyclic) bond motifs is 1. The molecule has 3 N–H and O–H groups in total. The Morgan fingerprint density at radius 3 is 2.89 bits per heavy atom. The Balaban J connectivity index is 1.76. The van der Waals surface area contributed by atoms with E-state index >= 15 is 0 Å². The van der Waals surface area contributed by atoms with Gasteiger partial charge in [-0.2, -0.15) is 0 Å². The molecular weight excluding hydrogens is 347 g/mol. The van der Waals surface area contributed by atoms with Crippen LogP contribution in [-0.4, -0.2) is 44.9 Å². The number of benzene rings is 1. The second-order valence-corrected chi connectivity index (χ2v) is 6.72. The highest BCUT2D eigenvalue weighted by atomic mass is 19.1. The lowest BCUT2D eigenvalue weighted by molar-refractivity contribution is 0.124. The molecule has 0 bridgehead atoms. The highest BCUT2D eigenvalue weighted by Gasteiger charge is 2.28. The van der Waals surface area contributed by atoms with Gasteiger partial charge in [0.1, 0.15) is 5.82 Å². The van der Waals surface area contributed by atoms with Crippen molar-refractivity contribution in [3.05, 3.63) is 59.5 Å². The predicted octanol–water partition coefficient (Wildman–Crippen LogP) is 2.07. The first-order valence-corrected chi connectivity index (χ1v) is 8.72. The molecular formula is C19H19FN6O. The van der Waals surface area contributed by atoms with Crippen LogP contribution in [0.4, 0.5) is 16.0 Å². The van der Waals surface area contributed by atoms with Crippen molar-refractivity contribution in [2.24, 2.45) is 5.73 Å². The van der Waals surface area contributed by atoms with Gasteiger partial charge in [-0.05, 0) is 30.7 Å². The van der Waals surface area contributed by atoms with Crippen molar-refractivity contribution in [1.29, 1.82) is 0 Å². The van der Waals surface area contributed by atoms with Gasteiger partial charge in [-0.1, -0.05) is 6.07 Å². The molecule has 8 heteroatoms. The van der Waals surface area contributed by atoms with E-state index in [0.717, 1.165) is 5.69 Å². The number of imidazole rings is 1. The quantitative estimate of drug-likeness (QED) is 0.693. The standard InChI is InChI=1S/C19H19FN6O/c1-22-13-3-4-14(23-9-13)10-26-17-8-12(20)2-5-16(17)24-19(26)25-7-6-18(27)15(21)11-25/h2-5,8-9,15,18,27H,6-7,10-11,21H2/t15-,18+/m1/s1. The van der Waals surface area contributed by atoms with Gasteiger partial charge in [-0.3, -0.25) is 4.98 Å². The third kappa shape index (κ3) is 3.35. The molecule has 138 valence electrons. The van der Waals surface area contributed by atoms with Crippen LogP contribution in [0, 0.1) is 12.4 Å². The first kappa shape index (κ1) is 17.4. The van der Waals surface area contributed by atoms with E-state index < -0.39 is 6.10 Å². The van der Waals surface area contributed by atoms with Gasteiger partial charge < -0.3 is 20.3 Å². The SMILES string of the molecule is [C-]#[N+]c1ccc(Cn2c(N3CC[C@H](O)[C@H](N)C3)nc3ccc(F)cc32)nc1. The molecule has 1 aromatic carbocycles. The highest BCUT2D eigenvalue weighted by Crippen LogP contribution is 2.27. The monoisotopic (exact) mass is 366 g/mol. The van der Waals surface area contributed by atoms with E-state index in [1.807, 2.05) is 9.47 Å². The minimum Gasteiger partial charge on any atom is -0.391 e. The molecule has 27 heavy (non-hydrogen) atoms. The lowest BCUT2D eigenvalue weighted by Crippen LogP contribution is -2.52. The second kappa shape index (κ2) is 6.95. The average molecular weight is 366 g/mol. The Morgan fingerprint density at radius 1 is 1.33 bits per heavy atom. The number of aliphatic hydroxyl groups is 1. The molecule has 1 aliphatic heterocycles. The fourth-order valence-corrected chi connectivity index (χ4v) is 3.37. The Kier molecular flexibility index (Phi) is 4.48. The molecule has 0 spiro atoms. The number of hydrogen-bond acceptors (Lipinski definition) is 5. The van der Waals surface area contributed by atoms with Gasteiger partial charge in [0.15, 0.2) is 0 Å². The zero-order valence-corrected chi connectivity index (χ0v) is 14.6. The third-order valence-corrected chi connectivity index (χ3v) is 4.85. The minimum absolute atomic E-state index is 0.336. The van der Waals surface area contributed by atoms with E-state index in [1.54, 1.807) is 18.2 Å².